The number of nitrogens with zero attached hydrogens (tertiary/aromatic N) is 2. The first-order valence-corrected chi connectivity index (χ1v) is 10.6. The summed E-state index contributed by atoms with van der Waals surface area (Å²) in [6, 6.07) is 17.9. The number of amides is 2. The van der Waals surface area contributed by atoms with Crippen LogP contribution in [-0.2, 0) is 4.79 Å². The molecule has 2 heterocycles. The molecule has 0 unspecified atom stereocenters. The molecule has 4 rings (SSSR count). The van der Waals surface area contributed by atoms with E-state index < -0.39 is 11.9 Å². The fourth-order valence-corrected chi connectivity index (χ4v) is 4.15. The molecule has 2 N–H and O–H groups in total. The van der Waals surface area contributed by atoms with Gasteiger partial charge in [-0.1, -0.05) is 48.5 Å². The van der Waals surface area contributed by atoms with E-state index in [0.29, 0.717) is 15.8 Å². The maximum atomic E-state index is 13.0. The zero-order chi connectivity index (χ0) is 21.8. The molecule has 4 aromatic rings. The van der Waals surface area contributed by atoms with Gasteiger partial charge in [0.1, 0.15) is 11.2 Å². The van der Waals surface area contributed by atoms with E-state index in [2.05, 4.69) is 15.7 Å². The number of thiophene rings is 1. The Morgan fingerprint density at radius 1 is 1.06 bits per heavy atom. The van der Waals surface area contributed by atoms with Crippen LogP contribution < -0.4 is 16.3 Å². The Labute approximate surface area is 182 Å². The summed E-state index contributed by atoms with van der Waals surface area (Å²) in [5.41, 5.74) is 4.44. The molecule has 8 heteroatoms. The van der Waals surface area contributed by atoms with Crippen LogP contribution in [0.4, 0.5) is 0 Å². The second-order valence-electron chi connectivity index (χ2n) is 7.09. The van der Waals surface area contributed by atoms with Crippen molar-refractivity contribution in [3.05, 3.63) is 88.3 Å². The number of carbonyl (C=O) groups excluding carboxylic acids is 2. The van der Waals surface area contributed by atoms with Gasteiger partial charge in [0, 0.05) is 29.0 Å². The number of nitrogens with one attached hydrogen (secondary N) is 2. The fraction of sp³-hybridized carbons (Fsp3) is 0.130. The monoisotopic (exact) mass is 432 g/mol. The van der Waals surface area contributed by atoms with Gasteiger partial charge in [0.2, 0.25) is 5.91 Å². The van der Waals surface area contributed by atoms with Gasteiger partial charge in [-0.3, -0.25) is 19.8 Å². The van der Waals surface area contributed by atoms with Crippen LogP contribution in [0, 0.1) is 0 Å². The minimum Gasteiger partial charge on any atom is -0.349 e. The molecule has 2 aromatic heterocycles. The average Bonchev–Trinajstić information content (AvgIpc) is 3.22. The quantitative estimate of drug-likeness (QED) is 0.488. The van der Waals surface area contributed by atoms with Crippen molar-refractivity contribution >= 4 is 33.4 Å². The predicted octanol–water partition coefficient (Wildman–Crippen LogP) is 3.40. The maximum absolute atomic E-state index is 13.0. The van der Waals surface area contributed by atoms with Crippen molar-refractivity contribution in [2.45, 2.75) is 19.4 Å². The van der Waals surface area contributed by atoms with Crippen LogP contribution in [0.25, 0.3) is 21.3 Å². The van der Waals surface area contributed by atoms with E-state index in [9.17, 15) is 14.4 Å². The summed E-state index contributed by atoms with van der Waals surface area (Å²) in [7, 11) is 0. The van der Waals surface area contributed by atoms with Gasteiger partial charge >= 0.3 is 0 Å². The number of rotatable bonds is 6. The van der Waals surface area contributed by atoms with Gasteiger partial charge < -0.3 is 5.32 Å². The molecular weight excluding hydrogens is 412 g/mol. The van der Waals surface area contributed by atoms with E-state index in [1.165, 1.54) is 17.7 Å². The molecule has 2 aromatic carbocycles. The largest absolute Gasteiger partial charge is 0.349 e. The third kappa shape index (κ3) is 4.54. The lowest BCUT2D eigenvalue weighted by atomic mass is 10.1. The molecule has 0 bridgehead atoms. The van der Waals surface area contributed by atoms with Gasteiger partial charge in [-0.25, -0.2) is 9.66 Å². The van der Waals surface area contributed by atoms with Crippen LogP contribution in [-0.4, -0.2) is 27.5 Å². The maximum Gasteiger partial charge on any atom is 0.281 e. The molecule has 7 nitrogen and oxygen atoms in total. The molecule has 2 amide bonds. The summed E-state index contributed by atoms with van der Waals surface area (Å²) in [5.74, 6) is -0.660. The molecule has 0 aliphatic rings. The molecule has 0 saturated heterocycles. The molecule has 0 aliphatic carbocycles. The molecule has 0 radical (unpaired) electrons. The summed E-state index contributed by atoms with van der Waals surface area (Å²) in [6.07, 6.45) is 1.32. The SMILES string of the molecule is C[C@H](CC(=O)Nn1cnc2scc(-c3ccccc3)c2c1=O)NC(=O)c1ccccc1. The summed E-state index contributed by atoms with van der Waals surface area (Å²) >= 11 is 1.38. The van der Waals surface area contributed by atoms with Crippen LogP contribution in [0.5, 0.6) is 0 Å². The Bertz CT molecular complexity index is 1280. The van der Waals surface area contributed by atoms with Gasteiger partial charge in [0.05, 0.1) is 5.39 Å². The van der Waals surface area contributed by atoms with E-state index in [4.69, 9.17) is 0 Å². The Balaban J connectivity index is 1.48. The third-order valence-electron chi connectivity index (χ3n) is 4.73. The summed E-state index contributed by atoms with van der Waals surface area (Å²) in [6.45, 7) is 1.73. The smallest absolute Gasteiger partial charge is 0.281 e. The van der Waals surface area contributed by atoms with Crippen LogP contribution in [0.3, 0.4) is 0 Å². The van der Waals surface area contributed by atoms with E-state index in [-0.39, 0.29) is 17.9 Å². The first kappa shape index (κ1) is 20.5. The van der Waals surface area contributed by atoms with Crippen LogP contribution in [0.15, 0.2) is 77.2 Å². The lowest BCUT2D eigenvalue weighted by Crippen LogP contribution is -2.39. The fourth-order valence-electron chi connectivity index (χ4n) is 3.25. The molecular formula is C23H20N4O3S. The topological polar surface area (TPSA) is 93.1 Å². The van der Waals surface area contributed by atoms with Crippen molar-refractivity contribution < 1.29 is 9.59 Å². The van der Waals surface area contributed by atoms with Crippen molar-refractivity contribution in [1.82, 2.24) is 15.0 Å². The number of hydrogen-bond donors (Lipinski definition) is 2. The highest BCUT2D eigenvalue weighted by molar-refractivity contribution is 7.17. The number of carbonyl (C=O) groups is 2. The zero-order valence-electron chi connectivity index (χ0n) is 16.7. The predicted molar refractivity (Wildman–Crippen MR) is 122 cm³/mol. The molecule has 0 aliphatic heterocycles. The Kier molecular flexibility index (Phi) is 5.90. The van der Waals surface area contributed by atoms with Gasteiger partial charge in [0.15, 0.2) is 0 Å². The Hall–Kier alpha value is -3.78. The van der Waals surface area contributed by atoms with Crippen LogP contribution in [0.1, 0.15) is 23.7 Å². The van der Waals surface area contributed by atoms with Crippen molar-refractivity contribution in [2.75, 3.05) is 5.43 Å². The van der Waals surface area contributed by atoms with Gasteiger partial charge in [-0.05, 0) is 24.6 Å². The second kappa shape index (κ2) is 8.93. The van der Waals surface area contributed by atoms with Gasteiger partial charge in [-0.2, -0.15) is 0 Å². The highest BCUT2D eigenvalue weighted by Crippen LogP contribution is 2.30. The number of fused-ring (bicyclic) bond motifs is 1. The molecule has 0 fully saturated rings. The van der Waals surface area contributed by atoms with E-state index in [1.54, 1.807) is 31.2 Å². The van der Waals surface area contributed by atoms with Crippen molar-refractivity contribution in [2.24, 2.45) is 0 Å². The summed E-state index contributed by atoms with van der Waals surface area (Å²) in [5, 5.41) is 5.14. The van der Waals surface area contributed by atoms with Crippen LogP contribution >= 0.6 is 11.3 Å². The van der Waals surface area contributed by atoms with Crippen molar-refractivity contribution in [1.29, 1.82) is 0 Å². The van der Waals surface area contributed by atoms with Gasteiger partial charge in [0.25, 0.3) is 11.5 Å². The minimum atomic E-state index is -0.416. The first-order chi connectivity index (χ1) is 15.0. The normalized spacial score (nSPS) is 11.8. The van der Waals surface area contributed by atoms with Crippen molar-refractivity contribution in [3.63, 3.8) is 0 Å². The summed E-state index contributed by atoms with van der Waals surface area (Å²) < 4.78 is 1.09. The molecule has 0 spiro atoms. The van der Waals surface area contributed by atoms with Gasteiger partial charge in [-0.15, -0.1) is 11.3 Å². The Morgan fingerprint density at radius 2 is 1.74 bits per heavy atom. The lowest BCUT2D eigenvalue weighted by molar-refractivity contribution is -0.117. The molecule has 1 atom stereocenters. The van der Waals surface area contributed by atoms with E-state index in [0.717, 1.165) is 15.8 Å². The Morgan fingerprint density at radius 3 is 2.45 bits per heavy atom. The number of hydrogen-bond acceptors (Lipinski definition) is 5. The number of benzene rings is 2. The lowest BCUT2D eigenvalue weighted by Gasteiger charge is -2.14. The third-order valence-corrected chi connectivity index (χ3v) is 5.62. The standard InChI is InChI=1S/C23H20N4O3S/c1-15(25-21(29)17-10-6-3-7-11-17)12-19(28)26-27-14-24-22-20(23(27)30)18(13-31-22)16-8-4-2-5-9-16/h2-11,13-15H,12H2,1H3,(H,25,29)(H,26,28)/t15-/m1/s1. The molecule has 0 saturated carbocycles. The molecule has 31 heavy (non-hydrogen) atoms. The summed E-state index contributed by atoms with van der Waals surface area (Å²) in [4.78, 5) is 42.6. The highest BCUT2D eigenvalue weighted by atomic mass is 32.1. The molecule has 156 valence electrons. The minimum absolute atomic E-state index is 0.0121. The van der Waals surface area contributed by atoms with E-state index >= 15 is 0 Å². The second-order valence-corrected chi connectivity index (χ2v) is 7.95. The van der Waals surface area contributed by atoms with E-state index in [1.807, 2.05) is 41.8 Å². The number of aromatic nitrogens is 2. The van der Waals surface area contributed by atoms with Crippen LogP contribution in [0.2, 0.25) is 0 Å². The average molecular weight is 433 g/mol. The first-order valence-electron chi connectivity index (χ1n) is 9.73. The highest BCUT2D eigenvalue weighted by Gasteiger charge is 2.16. The van der Waals surface area contributed by atoms with Crippen molar-refractivity contribution in [3.8, 4) is 11.1 Å². The zero-order valence-corrected chi connectivity index (χ0v) is 17.6.